The smallest absolute Gasteiger partial charge is 0.264 e. The molecular formula is C30H34Cl3N3O4S. The van der Waals surface area contributed by atoms with Crippen molar-refractivity contribution in [1.29, 1.82) is 0 Å². The molecular weight excluding hydrogens is 605 g/mol. The number of amides is 2. The van der Waals surface area contributed by atoms with E-state index in [1.807, 2.05) is 20.8 Å². The Hall–Kier alpha value is -2.78. The number of nitrogens with one attached hydrogen (secondary N) is 1. The third kappa shape index (κ3) is 7.95. The van der Waals surface area contributed by atoms with Gasteiger partial charge in [0.2, 0.25) is 11.8 Å². The molecule has 3 aromatic carbocycles. The average molecular weight is 639 g/mol. The standard InChI is InChI=1S/C30H34Cl3N3O4S/c1-5-21(4)34-30(38)26(6-2)35(18-22-10-7-8-11-24(22)31)28(37)19-36(27-13-9-12-25(32)29(27)33)41(39,40)23-16-14-20(3)15-17-23/h7-17,21,26H,5-6,18-19H2,1-4H3,(H,34,38)/t21-,26+/m0/s1. The minimum absolute atomic E-state index is 0.00730. The number of halogens is 3. The van der Waals surface area contributed by atoms with Gasteiger partial charge >= 0.3 is 0 Å². The van der Waals surface area contributed by atoms with E-state index in [1.165, 1.54) is 29.2 Å². The molecule has 0 aliphatic heterocycles. The minimum atomic E-state index is -4.28. The van der Waals surface area contributed by atoms with Crippen LogP contribution in [0.3, 0.4) is 0 Å². The van der Waals surface area contributed by atoms with Gasteiger partial charge in [0, 0.05) is 17.6 Å². The van der Waals surface area contributed by atoms with Crippen LogP contribution < -0.4 is 9.62 Å². The monoisotopic (exact) mass is 637 g/mol. The topological polar surface area (TPSA) is 86.8 Å². The summed E-state index contributed by atoms with van der Waals surface area (Å²) in [6.07, 6.45) is 0.998. The van der Waals surface area contributed by atoms with Gasteiger partial charge < -0.3 is 10.2 Å². The average Bonchev–Trinajstić information content (AvgIpc) is 2.94. The molecule has 7 nitrogen and oxygen atoms in total. The summed E-state index contributed by atoms with van der Waals surface area (Å²) in [5.41, 5.74) is 1.53. The van der Waals surface area contributed by atoms with Crippen LogP contribution in [0, 0.1) is 6.92 Å². The lowest BCUT2D eigenvalue weighted by molar-refractivity contribution is -0.140. The minimum Gasteiger partial charge on any atom is -0.352 e. The molecule has 2 atom stereocenters. The van der Waals surface area contributed by atoms with Crippen molar-refractivity contribution < 1.29 is 18.0 Å². The van der Waals surface area contributed by atoms with Crippen LogP contribution in [-0.2, 0) is 26.2 Å². The maximum Gasteiger partial charge on any atom is 0.264 e. The van der Waals surface area contributed by atoms with Crippen molar-refractivity contribution in [1.82, 2.24) is 10.2 Å². The molecule has 0 aromatic heterocycles. The predicted molar refractivity (Wildman–Crippen MR) is 166 cm³/mol. The molecule has 11 heteroatoms. The Morgan fingerprint density at radius 1 is 0.878 bits per heavy atom. The molecule has 0 saturated heterocycles. The van der Waals surface area contributed by atoms with Gasteiger partial charge in [-0.2, -0.15) is 0 Å². The van der Waals surface area contributed by atoms with Crippen molar-refractivity contribution >= 4 is 62.3 Å². The van der Waals surface area contributed by atoms with E-state index in [0.29, 0.717) is 23.4 Å². The fraction of sp³-hybridized carbons (Fsp3) is 0.333. The molecule has 3 rings (SSSR count). The van der Waals surface area contributed by atoms with E-state index in [0.717, 1.165) is 9.87 Å². The number of sulfonamides is 1. The number of carbonyl (C=O) groups is 2. The summed E-state index contributed by atoms with van der Waals surface area (Å²) in [5, 5.41) is 3.48. The molecule has 1 N–H and O–H groups in total. The normalized spacial score (nSPS) is 12.9. The summed E-state index contributed by atoms with van der Waals surface area (Å²) in [5.74, 6) is -0.946. The van der Waals surface area contributed by atoms with E-state index in [1.54, 1.807) is 49.4 Å². The number of anilines is 1. The van der Waals surface area contributed by atoms with Crippen molar-refractivity contribution in [2.75, 3.05) is 10.8 Å². The Kier molecular flexibility index (Phi) is 11.5. The van der Waals surface area contributed by atoms with E-state index in [9.17, 15) is 18.0 Å². The summed E-state index contributed by atoms with van der Waals surface area (Å²) in [7, 11) is -4.28. The molecule has 0 saturated carbocycles. The van der Waals surface area contributed by atoms with Gasteiger partial charge in [-0.15, -0.1) is 0 Å². The van der Waals surface area contributed by atoms with Gasteiger partial charge in [-0.25, -0.2) is 8.42 Å². The zero-order valence-electron chi connectivity index (χ0n) is 23.4. The molecule has 2 amide bonds. The van der Waals surface area contributed by atoms with Crippen LogP contribution in [-0.4, -0.2) is 43.8 Å². The van der Waals surface area contributed by atoms with E-state index in [4.69, 9.17) is 34.8 Å². The molecule has 0 aliphatic rings. The number of benzene rings is 3. The third-order valence-electron chi connectivity index (χ3n) is 6.77. The SMILES string of the molecule is CC[C@H](C(=O)N[C@@H](C)CC)N(Cc1ccccc1Cl)C(=O)CN(c1cccc(Cl)c1Cl)S(=O)(=O)c1ccc(C)cc1. The van der Waals surface area contributed by atoms with Crippen LogP contribution >= 0.6 is 34.8 Å². The first-order valence-corrected chi connectivity index (χ1v) is 15.8. The molecule has 0 unspecified atom stereocenters. The highest BCUT2D eigenvalue weighted by atomic mass is 35.5. The fourth-order valence-corrected chi connectivity index (χ4v) is 6.28. The lowest BCUT2D eigenvalue weighted by atomic mass is 10.1. The van der Waals surface area contributed by atoms with Crippen LogP contribution in [0.1, 0.15) is 44.7 Å². The van der Waals surface area contributed by atoms with Crippen LogP contribution in [0.15, 0.2) is 71.6 Å². The second-order valence-electron chi connectivity index (χ2n) is 9.75. The van der Waals surface area contributed by atoms with Gasteiger partial charge in [-0.3, -0.25) is 13.9 Å². The Morgan fingerprint density at radius 3 is 2.12 bits per heavy atom. The molecule has 0 aliphatic carbocycles. The van der Waals surface area contributed by atoms with E-state index in [2.05, 4.69) is 5.32 Å². The van der Waals surface area contributed by atoms with E-state index < -0.39 is 28.5 Å². The van der Waals surface area contributed by atoms with Gasteiger partial charge in [0.1, 0.15) is 12.6 Å². The number of hydrogen-bond acceptors (Lipinski definition) is 4. The van der Waals surface area contributed by atoms with E-state index >= 15 is 0 Å². The largest absolute Gasteiger partial charge is 0.352 e. The van der Waals surface area contributed by atoms with Crippen LogP contribution in [0.25, 0.3) is 0 Å². The number of aryl methyl sites for hydroxylation is 1. The van der Waals surface area contributed by atoms with Crippen LogP contribution in [0.5, 0.6) is 0 Å². The molecule has 0 spiro atoms. The Labute approximate surface area is 257 Å². The number of carbonyl (C=O) groups excluding carboxylic acids is 2. The van der Waals surface area contributed by atoms with Crippen molar-refractivity contribution in [3.05, 3.63) is 92.9 Å². The van der Waals surface area contributed by atoms with Crippen LogP contribution in [0.2, 0.25) is 15.1 Å². The summed E-state index contributed by atoms with van der Waals surface area (Å²) in [6, 6.07) is 16.9. The highest BCUT2D eigenvalue weighted by molar-refractivity contribution is 7.92. The first-order valence-electron chi connectivity index (χ1n) is 13.3. The second-order valence-corrected chi connectivity index (χ2v) is 12.8. The number of hydrogen-bond donors (Lipinski definition) is 1. The third-order valence-corrected chi connectivity index (χ3v) is 9.72. The number of nitrogens with zero attached hydrogens (tertiary/aromatic N) is 2. The Bertz CT molecular complexity index is 1480. The molecule has 0 fully saturated rings. The quantitative estimate of drug-likeness (QED) is 0.235. The molecule has 3 aromatic rings. The van der Waals surface area contributed by atoms with Crippen LogP contribution in [0.4, 0.5) is 5.69 Å². The molecule has 41 heavy (non-hydrogen) atoms. The van der Waals surface area contributed by atoms with Gasteiger partial charge in [0.25, 0.3) is 10.0 Å². The van der Waals surface area contributed by atoms with Gasteiger partial charge in [-0.05, 0) is 62.6 Å². The zero-order chi connectivity index (χ0) is 30.3. The van der Waals surface area contributed by atoms with Gasteiger partial charge in [0.15, 0.2) is 0 Å². The van der Waals surface area contributed by atoms with Gasteiger partial charge in [-0.1, -0.05) is 90.6 Å². The first kappa shape index (κ1) is 32.7. The van der Waals surface area contributed by atoms with Crippen molar-refractivity contribution in [3.63, 3.8) is 0 Å². The molecule has 0 bridgehead atoms. The highest BCUT2D eigenvalue weighted by Crippen LogP contribution is 2.35. The summed E-state index contributed by atoms with van der Waals surface area (Å²) in [6.45, 7) is 6.82. The fourth-order valence-electron chi connectivity index (χ4n) is 4.21. The first-order chi connectivity index (χ1) is 19.4. The summed E-state index contributed by atoms with van der Waals surface area (Å²) >= 11 is 19.2. The number of rotatable bonds is 12. The molecule has 220 valence electrons. The van der Waals surface area contributed by atoms with Crippen molar-refractivity contribution in [3.8, 4) is 0 Å². The lowest BCUT2D eigenvalue weighted by Crippen LogP contribution is -2.53. The summed E-state index contributed by atoms with van der Waals surface area (Å²) in [4.78, 5) is 28.9. The van der Waals surface area contributed by atoms with Crippen molar-refractivity contribution in [2.24, 2.45) is 0 Å². The van der Waals surface area contributed by atoms with E-state index in [-0.39, 0.29) is 39.1 Å². The zero-order valence-corrected chi connectivity index (χ0v) is 26.5. The maximum absolute atomic E-state index is 14.2. The van der Waals surface area contributed by atoms with Gasteiger partial charge in [0.05, 0.1) is 20.6 Å². The second kappa shape index (κ2) is 14.4. The Morgan fingerprint density at radius 2 is 1.51 bits per heavy atom. The molecule has 0 heterocycles. The summed E-state index contributed by atoms with van der Waals surface area (Å²) < 4.78 is 28.9. The van der Waals surface area contributed by atoms with Crippen molar-refractivity contribution in [2.45, 2.75) is 64.1 Å². The lowest BCUT2D eigenvalue weighted by Gasteiger charge is -2.34. The molecule has 0 radical (unpaired) electrons. The Balaban J connectivity index is 2.11. The maximum atomic E-state index is 14.2. The highest BCUT2D eigenvalue weighted by Gasteiger charge is 2.35. The predicted octanol–water partition coefficient (Wildman–Crippen LogP) is 6.87.